The maximum absolute atomic E-state index is 6.10. The molecule has 0 fully saturated rings. The molecule has 2 aromatic rings. The third-order valence-corrected chi connectivity index (χ3v) is 3.98. The van der Waals surface area contributed by atoms with Crippen molar-refractivity contribution in [3.8, 4) is 0 Å². The van der Waals surface area contributed by atoms with Gasteiger partial charge in [0.25, 0.3) is 0 Å². The zero-order valence-corrected chi connectivity index (χ0v) is 11.7. The van der Waals surface area contributed by atoms with E-state index in [0.29, 0.717) is 0 Å². The van der Waals surface area contributed by atoms with E-state index in [4.69, 9.17) is 11.6 Å². The fourth-order valence-corrected chi connectivity index (χ4v) is 2.75. The molecule has 0 unspecified atom stereocenters. The monoisotopic (exact) mass is 317 g/mol. The van der Waals surface area contributed by atoms with Gasteiger partial charge in [0.1, 0.15) is 6.33 Å². The molecular weight excluding hydrogens is 310 g/mol. The molecule has 1 heterocycles. The zero-order chi connectivity index (χ0) is 11.5. The van der Waals surface area contributed by atoms with E-state index in [0.717, 1.165) is 26.0 Å². The van der Waals surface area contributed by atoms with Crippen molar-refractivity contribution >= 4 is 39.3 Å². The molecule has 0 bridgehead atoms. The highest BCUT2D eigenvalue weighted by Gasteiger charge is 2.05. The summed E-state index contributed by atoms with van der Waals surface area (Å²) in [5.41, 5.74) is 1.09. The van der Waals surface area contributed by atoms with Crippen molar-refractivity contribution in [1.29, 1.82) is 0 Å². The summed E-state index contributed by atoms with van der Waals surface area (Å²) in [6, 6.07) is 5.84. The molecule has 3 nitrogen and oxygen atoms in total. The summed E-state index contributed by atoms with van der Waals surface area (Å²) in [6.07, 6.45) is 1.69. The largest absolute Gasteiger partial charge is 0.312 e. The van der Waals surface area contributed by atoms with Gasteiger partial charge in [0.2, 0.25) is 0 Å². The van der Waals surface area contributed by atoms with Crippen molar-refractivity contribution in [2.24, 2.45) is 7.05 Å². The van der Waals surface area contributed by atoms with Crippen molar-refractivity contribution in [3.63, 3.8) is 0 Å². The molecule has 0 amide bonds. The molecule has 16 heavy (non-hydrogen) atoms. The minimum Gasteiger partial charge on any atom is -0.312 e. The molecule has 0 aliphatic rings. The summed E-state index contributed by atoms with van der Waals surface area (Å²) in [7, 11) is 1.92. The van der Waals surface area contributed by atoms with Crippen LogP contribution in [0, 0.1) is 0 Å². The Hall–Kier alpha value is -0.520. The fraction of sp³-hybridized carbons (Fsp3) is 0.200. The Balaban J connectivity index is 2.10. The Morgan fingerprint density at radius 3 is 3.00 bits per heavy atom. The highest BCUT2D eigenvalue weighted by atomic mass is 79.9. The summed E-state index contributed by atoms with van der Waals surface area (Å²) in [4.78, 5) is 0. The number of hydrogen-bond acceptors (Lipinski definition) is 3. The van der Waals surface area contributed by atoms with Gasteiger partial charge in [-0.3, -0.25) is 0 Å². The van der Waals surface area contributed by atoms with Crippen LogP contribution in [0.5, 0.6) is 0 Å². The summed E-state index contributed by atoms with van der Waals surface area (Å²) in [5, 5.41) is 9.49. The van der Waals surface area contributed by atoms with Crippen LogP contribution in [0.4, 0.5) is 0 Å². The van der Waals surface area contributed by atoms with Crippen LogP contribution in [0.3, 0.4) is 0 Å². The SMILES string of the molecule is Cn1cnnc1SCc1cc(Br)ccc1Cl. The molecule has 0 N–H and O–H groups in total. The van der Waals surface area contributed by atoms with Gasteiger partial charge in [0.05, 0.1) is 0 Å². The van der Waals surface area contributed by atoms with Crippen LogP contribution >= 0.6 is 39.3 Å². The highest BCUT2D eigenvalue weighted by Crippen LogP contribution is 2.27. The van der Waals surface area contributed by atoms with E-state index in [1.165, 1.54) is 0 Å². The number of rotatable bonds is 3. The second-order valence-electron chi connectivity index (χ2n) is 3.25. The molecule has 0 atom stereocenters. The van der Waals surface area contributed by atoms with E-state index >= 15 is 0 Å². The Morgan fingerprint density at radius 1 is 1.50 bits per heavy atom. The molecule has 0 spiro atoms. The first-order chi connectivity index (χ1) is 7.66. The fourth-order valence-electron chi connectivity index (χ4n) is 1.20. The molecule has 2 rings (SSSR count). The summed E-state index contributed by atoms with van der Waals surface area (Å²) in [5.74, 6) is 0.783. The third-order valence-electron chi connectivity index (χ3n) is 2.03. The molecule has 84 valence electrons. The topological polar surface area (TPSA) is 30.7 Å². The first kappa shape index (κ1) is 12.0. The highest BCUT2D eigenvalue weighted by molar-refractivity contribution is 9.10. The van der Waals surface area contributed by atoms with Gasteiger partial charge in [-0.15, -0.1) is 10.2 Å². The van der Waals surface area contributed by atoms with E-state index in [9.17, 15) is 0 Å². The molecular formula is C10H9BrClN3S. The van der Waals surface area contributed by atoms with Crippen LogP contribution in [0.2, 0.25) is 5.02 Å². The van der Waals surface area contributed by atoms with Gasteiger partial charge in [-0.25, -0.2) is 0 Å². The lowest BCUT2D eigenvalue weighted by molar-refractivity contribution is 0.788. The molecule has 1 aromatic heterocycles. The van der Waals surface area contributed by atoms with Crippen molar-refractivity contribution in [3.05, 3.63) is 39.6 Å². The molecule has 0 aliphatic heterocycles. The van der Waals surface area contributed by atoms with Crippen molar-refractivity contribution in [2.45, 2.75) is 10.9 Å². The molecule has 0 saturated carbocycles. The second-order valence-corrected chi connectivity index (χ2v) is 5.51. The Morgan fingerprint density at radius 2 is 2.31 bits per heavy atom. The van der Waals surface area contributed by atoms with Gasteiger partial charge >= 0.3 is 0 Å². The zero-order valence-electron chi connectivity index (χ0n) is 8.52. The number of hydrogen-bond donors (Lipinski definition) is 0. The third kappa shape index (κ3) is 2.78. The van der Waals surface area contributed by atoms with Crippen LogP contribution in [-0.2, 0) is 12.8 Å². The summed E-state index contributed by atoms with van der Waals surface area (Å²) < 4.78 is 2.92. The maximum Gasteiger partial charge on any atom is 0.191 e. The van der Waals surface area contributed by atoms with Crippen molar-refractivity contribution < 1.29 is 0 Å². The maximum atomic E-state index is 6.10. The lowest BCUT2D eigenvalue weighted by atomic mass is 10.2. The second kappa shape index (κ2) is 5.21. The van der Waals surface area contributed by atoms with E-state index in [1.807, 2.05) is 29.8 Å². The van der Waals surface area contributed by atoms with Crippen LogP contribution in [-0.4, -0.2) is 14.8 Å². The first-order valence-corrected chi connectivity index (χ1v) is 6.73. The van der Waals surface area contributed by atoms with Gasteiger partial charge in [0.15, 0.2) is 5.16 Å². The average Bonchev–Trinajstić information content (AvgIpc) is 2.66. The minimum atomic E-state index is 0.776. The van der Waals surface area contributed by atoms with Gasteiger partial charge in [-0.1, -0.05) is 39.3 Å². The quantitative estimate of drug-likeness (QED) is 0.811. The van der Waals surface area contributed by atoms with E-state index in [2.05, 4.69) is 26.1 Å². The minimum absolute atomic E-state index is 0.776. The van der Waals surface area contributed by atoms with Crippen LogP contribution in [0.1, 0.15) is 5.56 Å². The van der Waals surface area contributed by atoms with Gasteiger partial charge in [0, 0.05) is 22.3 Å². The number of aromatic nitrogens is 3. The smallest absolute Gasteiger partial charge is 0.191 e. The standard InChI is InChI=1S/C10H9BrClN3S/c1-15-6-13-14-10(15)16-5-7-4-8(11)2-3-9(7)12/h2-4,6H,5H2,1H3. The molecule has 0 radical (unpaired) electrons. The molecule has 0 saturated heterocycles. The first-order valence-electron chi connectivity index (χ1n) is 4.57. The number of nitrogens with zero attached hydrogens (tertiary/aromatic N) is 3. The Kier molecular flexibility index (Phi) is 3.89. The van der Waals surface area contributed by atoms with Gasteiger partial charge in [-0.2, -0.15) is 0 Å². The van der Waals surface area contributed by atoms with E-state index in [1.54, 1.807) is 18.1 Å². The number of thioether (sulfide) groups is 1. The van der Waals surface area contributed by atoms with E-state index < -0.39 is 0 Å². The lowest BCUT2D eigenvalue weighted by Crippen LogP contribution is -1.90. The summed E-state index contributed by atoms with van der Waals surface area (Å²) in [6.45, 7) is 0. The molecule has 1 aromatic carbocycles. The number of benzene rings is 1. The predicted molar refractivity (Wildman–Crippen MR) is 69.7 cm³/mol. The normalized spacial score (nSPS) is 10.7. The van der Waals surface area contributed by atoms with Gasteiger partial charge in [-0.05, 0) is 23.8 Å². The van der Waals surface area contributed by atoms with Gasteiger partial charge < -0.3 is 4.57 Å². The van der Waals surface area contributed by atoms with Crippen LogP contribution < -0.4 is 0 Å². The summed E-state index contributed by atoms with van der Waals surface area (Å²) >= 11 is 11.1. The average molecular weight is 319 g/mol. The van der Waals surface area contributed by atoms with Crippen LogP contribution in [0.25, 0.3) is 0 Å². The predicted octanol–water partition coefficient (Wildman–Crippen LogP) is 3.52. The number of halogens is 2. The molecule has 0 aliphatic carbocycles. The van der Waals surface area contributed by atoms with Crippen molar-refractivity contribution in [2.75, 3.05) is 0 Å². The Labute approximate surface area is 111 Å². The molecule has 6 heteroatoms. The van der Waals surface area contributed by atoms with E-state index in [-0.39, 0.29) is 0 Å². The number of aryl methyl sites for hydroxylation is 1. The Bertz CT molecular complexity index is 501. The lowest BCUT2D eigenvalue weighted by Gasteiger charge is -2.04. The van der Waals surface area contributed by atoms with Crippen LogP contribution in [0.15, 0.2) is 34.2 Å². The van der Waals surface area contributed by atoms with Crippen molar-refractivity contribution in [1.82, 2.24) is 14.8 Å².